The van der Waals surface area contributed by atoms with Crippen LogP contribution in [-0.2, 0) is 0 Å². The predicted octanol–water partition coefficient (Wildman–Crippen LogP) is 8.52. The zero-order valence-electron chi connectivity index (χ0n) is 22.0. The van der Waals surface area contributed by atoms with Crippen LogP contribution in [0.1, 0.15) is 0 Å². The van der Waals surface area contributed by atoms with Crippen LogP contribution < -0.4 is 0 Å². The van der Waals surface area contributed by atoms with Gasteiger partial charge in [-0.2, -0.15) is 0 Å². The van der Waals surface area contributed by atoms with Gasteiger partial charge < -0.3 is 0 Å². The van der Waals surface area contributed by atoms with Crippen LogP contribution in [0.3, 0.4) is 0 Å². The number of benzene rings is 3. The minimum Gasteiger partial charge on any atom is -0.293 e. The number of fused-ring (bicyclic) bond motifs is 5. The number of rotatable bonds is 4. The molecule has 0 saturated carbocycles. The number of hydrogen-bond acceptors (Lipinski definition) is 4. The van der Waals surface area contributed by atoms with Crippen molar-refractivity contribution in [3.8, 4) is 39.5 Å². The van der Waals surface area contributed by atoms with Crippen LogP contribution in [-0.4, -0.2) is 24.5 Å². The molecule has 8 rings (SSSR count). The third kappa shape index (κ3) is 3.86. The molecule has 0 N–H and O–H groups in total. The monoisotopic (exact) mass is 525 g/mol. The van der Waals surface area contributed by atoms with Crippen molar-refractivity contribution in [2.75, 3.05) is 0 Å². The van der Waals surface area contributed by atoms with E-state index in [1.165, 1.54) is 0 Å². The molecular weight excluding hydrogens is 502 g/mol. The van der Waals surface area contributed by atoms with E-state index in [0.29, 0.717) is 0 Å². The topological polar surface area (TPSA) is 56.5 Å². The fourth-order valence-corrected chi connectivity index (χ4v) is 5.76. The van der Waals surface area contributed by atoms with Crippen molar-refractivity contribution in [3.63, 3.8) is 0 Å². The molecule has 0 bridgehead atoms. The van der Waals surface area contributed by atoms with Gasteiger partial charge >= 0.3 is 0 Å². The van der Waals surface area contributed by atoms with Gasteiger partial charge in [0.05, 0.1) is 22.4 Å². The molecule has 0 unspecified atom stereocenters. The van der Waals surface area contributed by atoms with Crippen molar-refractivity contribution < 1.29 is 0 Å². The van der Waals surface area contributed by atoms with E-state index in [1.807, 2.05) is 61.2 Å². The first kappa shape index (κ1) is 23.2. The molecule has 5 aromatic heterocycles. The standard InChI is InChI=1S/C36H23N5/c1-2-10-28-27(9-1)29(33-12-4-6-19-39-33)21-31-30-20-24(32-11-3-5-18-38-32)13-15-34(30)41(36(28)31)35-16-14-26(23-40-35)25-8-7-17-37-22-25/h1-23H. The van der Waals surface area contributed by atoms with Gasteiger partial charge in [-0.25, -0.2) is 4.98 Å². The molecule has 3 aromatic carbocycles. The summed E-state index contributed by atoms with van der Waals surface area (Å²) >= 11 is 0. The van der Waals surface area contributed by atoms with Gasteiger partial charge in [-0.3, -0.25) is 19.5 Å². The number of aromatic nitrogens is 5. The predicted molar refractivity (Wildman–Crippen MR) is 166 cm³/mol. The molecule has 5 heteroatoms. The molecule has 0 saturated heterocycles. The van der Waals surface area contributed by atoms with E-state index in [2.05, 4.69) is 87.3 Å². The van der Waals surface area contributed by atoms with E-state index < -0.39 is 0 Å². The number of hydrogen-bond donors (Lipinski definition) is 0. The van der Waals surface area contributed by atoms with E-state index in [1.54, 1.807) is 6.20 Å². The first-order valence-corrected chi connectivity index (χ1v) is 13.5. The average molecular weight is 526 g/mol. The summed E-state index contributed by atoms with van der Waals surface area (Å²) in [5, 5.41) is 4.60. The van der Waals surface area contributed by atoms with E-state index in [4.69, 9.17) is 9.97 Å². The fourth-order valence-electron chi connectivity index (χ4n) is 5.76. The van der Waals surface area contributed by atoms with Crippen LogP contribution in [0.5, 0.6) is 0 Å². The van der Waals surface area contributed by atoms with Gasteiger partial charge in [0, 0.05) is 69.4 Å². The lowest BCUT2D eigenvalue weighted by Crippen LogP contribution is -1.98. The van der Waals surface area contributed by atoms with Gasteiger partial charge in [-0.1, -0.05) is 48.5 Å². The van der Waals surface area contributed by atoms with Crippen molar-refractivity contribution in [1.82, 2.24) is 24.5 Å². The molecular formula is C36H23N5. The van der Waals surface area contributed by atoms with Gasteiger partial charge in [0.15, 0.2) is 0 Å². The Morgan fingerprint density at radius 1 is 0.463 bits per heavy atom. The fraction of sp³-hybridized carbons (Fsp3) is 0. The largest absolute Gasteiger partial charge is 0.293 e. The highest BCUT2D eigenvalue weighted by molar-refractivity contribution is 6.22. The van der Waals surface area contributed by atoms with Crippen molar-refractivity contribution in [1.29, 1.82) is 0 Å². The van der Waals surface area contributed by atoms with Gasteiger partial charge in [0.1, 0.15) is 5.82 Å². The normalized spacial score (nSPS) is 11.4. The SMILES string of the molecule is c1ccc(-c2ccc3c(c2)c2cc(-c4ccccn4)c4ccccc4c2n3-c2ccc(-c3cccnc3)cn2)nc1. The summed E-state index contributed by atoms with van der Waals surface area (Å²) in [7, 11) is 0. The quantitative estimate of drug-likeness (QED) is 0.231. The summed E-state index contributed by atoms with van der Waals surface area (Å²) < 4.78 is 2.28. The lowest BCUT2D eigenvalue weighted by Gasteiger charge is -2.12. The third-order valence-corrected chi connectivity index (χ3v) is 7.64. The summed E-state index contributed by atoms with van der Waals surface area (Å²) in [6.07, 6.45) is 9.26. The van der Waals surface area contributed by atoms with Crippen LogP contribution in [0.25, 0.3) is 72.0 Å². The highest BCUT2D eigenvalue weighted by atomic mass is 15.1. The Bertz CT molecular complexity index is 2170. The van der Waals surface area contributed by atoms with Crippen molar-refractivity contribution in [2.24, 2.45) is 0 Å². The lowest BCUT2D eigenvalue weighted by atomic mass is 9.97. The molecule has 0 aliphatic carbocycles. The highest BCUT2D eigenvalue weighted by Gasteiger charge is 2.19. The van der Waals surface area contributed by atoms with E-state index in [-0.39, 0.29) is 0 Å². The van der Waals surface area contributed by atoms with Crippen LogP contribution in [0.15, 0.2) is 140 Å². The molecule has 5 heterocycles. The summed E-state index contributed by atoms with van der Waals surface area (Å²) in [4.78, 5) is 18.6. The maximum atomic E-state index is 4.98. The maximum Gasteiger partial charge on any atom is 0.137 e. The maximum absolute atomic E-state index is 4.98. The number of nitrogens with zero attached hydrogens (tertiary/aromatic N) is 5. The number of pyridine rings is 4. The molecule has 0 fully saturated rings. The molecule has 41 heavy (non-hydrogen) atoms. The molecule has 0 atom stereocenters. The smallest absolute Gasteiger partial charge is 0.137 e. The van der Waals surface area contributed by atoms with Crippen LogP contribution >= 0.6 is 0 Å². The summed E-state index contributed by atoms with van der Waals surface area (Å²) in [6.45, 7) is 0. The molecule has 0 radical (unpaired) electrons. The highest BCUT2D eigenvalue weighted by Crippen LogP contribution is 2.41. The Morgan fingerprint density at radius 2 is 1.22 bits per heavy atom. The van der Waals surface area contributed by atoms with E-state index in [9.17, 15) is 0 Å². The van der Waals surface area contributed by atoms with Gasteiger partial charge in [0.25, 0.3) is 0 Å². The summed E-state index contributed by atoms with van der Waals surface area (Å²) in [5.41, 5.74) is 8.35. The minimum absolute atomic E-state index is 0.860. The second kappa shape index (κ2) is 9.50. The van der Waals surface area contributed by atoms with Crippen molar-refractivity contribution in [2.45, 2.75) is 0 Å². The van der Waals surface area contributed by atoms with Crippen LogP contribution in [0.4, 0.5) is 0 Å². The Labute approximate surface area is 236 Å². The van der Waals surface area contributed by atoms with Gasteiger partial charge in [-0.15, -0.1) is 0 Å². The molecule has 0 aliphatic heterocycles. The minimum atomic E-state index is 0.860. The van der Waals surface area contributed by atoms with Gasteiger partial charge in [-0.05, 0) is 66.0 Å². The zero-order chi connectivity index (χ0) is 27.2. The molecule has 0 aliphatic rings. The lowest BCUT2D eigenvalue weighted by molar-refractivity contribution is 1.08. The molecule has 5 nitrogen and oxygen atoms in total. The van der Waals surface area contributed by atoms with Crippen molar-refractivity contribution >= 4 is 32.6 Å². The van der Waals surface area contributed by atoms with Gasteiger partial charge in [0.2, 0.25) is 0 Å². The zero-order valence-corrected chi connectivity index (χ0v) is 22.0. The average Bonchev–Trinajstić information content (AvgIpc) is 3.39. The molecule has 192 valence electrons. The van der Waals surface area contributed by atoms with Crippen LogP contribution in [0.2, 0.25) is 0 Å². The van der Waals surface area contributed by atoms with E-state index >= 15 is 0 Å². The third-order valence-electron chi connectivity index (χ3n) is 7.64. The summed E-state index contributed by atoms with van der Waals surface area (Å²) in [5.74, 6) is 0.860. The first-order chi connectivity index (χ1) is 20.3. The Morgan fingerprint density at radius 3 is 1.95 bits per heavy atom. The Kier molecular flexibility index (Phi) is 5.38. The Balaban J connectivity index is 1.46. The first-order valence-electron chi connectivity index (χ1n) is 13.5. The second-order valence-electron chi connectivity index (χ2n) is 10.0. The van der Waals surface area contributed by atoms with Crippen molar-refractivity contribution in [3.05, 3.63) is 140 Å². The van der Waals surface area contributed by atoms with Crippen LogP contribution in [0, 0.1) is 0 Å². The second-order valence-corrected chi connectivity index (χ2v) is 10.0. The molecule has 0 spiro atoms. The molecule has 8 aromatic rings. The molecule has 0 amide bonds. The summed E-state index contributed by atoms with van der Waals surface area (Å²) in [6, 6.07) is 37.7. The Hall–Kier alpha value is -5.68. The van der Waals surface area contributed by atoms with E-state index in [0.717, 1.165) is 72.0 Å².